The summed E-state index contributed by atoms with van der Waals surface area (Å²) < 4.78 is 16.1. The standard InChI is InChI=1S/C20H25N3O4.2ClH/c1-25-14-20(9-11-21-12-10-20)19(24)23-15-3-8-18(22-13-15)27-17-6-4-16(26-2)5-7-17;;/h3-8,13,21H,9-12,14H2,1-2H3,(H,23,24);2*1H. The number of benzene rings is 1. The summed E-state index contributed by atoms with van der Waals surface area (Å²) in [6.45, 7) is 2.03. The van der Waals surface area contributed by atoms with Gasteiger partial charge in [-0.1, -0.05) is 0 Å². The van der Waals surface area contributed by atoms with Crippen LogP contribution in [0.25, 0.3) is 0 Å². The molecule has 1 aromatic carbocycles. The second-order valence-corrected chi connectivity index (χ2v) is 6.58. The third-order valence-corrected chi connectivity index (χ3v) is 4.74. The van der Waals surface area contributed by atoms with Crippen molar-refractivity contribution >= 4 is 36.4 Å². The van der Waals surface area contributed by atoms with Crippen molar-refractivity contribution in [3.63, 3.8) is 0 Å². The number of carbonyl (C=O) groups excluding carboxylic acids is 1. The molecule has 2 N–H and O–H groups in total. The van der Waals surface area contributed by atoms with Crippen LogP contribution in [-0.4, -0.2) is 44.8 Å². The highest BCUT2D eigenvalue weighted by molar-refractivity contribution is 5.95. The van der Waals surface area contributed by atoms with Gasteiger partial charge in [-0.25, -0.2) is 4.98 Å². The second kappa shape index (κ2) is 11.8. The second-order valence-electron chi connectivity index (χ2n) is 6.58. The number of pyridine rings is 1. The molecule has 0 atom stereocenters. The molecule has 0 spiro atoms. The first-order valence-electron chi connectivity index (χ1n) is 8.94. The van der Waals surface area contributed by atoms with E-state index < -0.39 is 5.41 Å². The predicted octanol–water partition coefficient (Wildman–Crippen LogP) is 3.68. The van der Waals surface area contributed by atoms with Crippen molar-refractivity contribution < 1.29 is 19.0 Å². The number of nitrogens with zero attached hydrogens (tertiary/aromatic N) is 1. The van der Waals surface area contributed by atoms with Gasteiger partial charge in [-0.05, 0) is 56.3 Å². The van der Waals surface area contributed by atoms with Gasteiger partial charge in [0.25, 0.3) is 0 Å². The average Bonchev–Trinajstić information content (AvgIpc) is 2.71. The van der Waals surface area contributed by atoms with Crippen LogP contribution in [0.4, 0.5) is 5.69 Å². The number of carbonyl (C=O) groups is 1. The third kappa shape index (κ3) is 6.47. The van der Waals surface area contributed by atoms with E-state index in [9.17, 15) is 4.79 Å². The maximum absolute atomic E-state index is 12.8. The van der Waals surface area contributed by atoms with Gasteiger partial charge in [0.05, 0.1) is 31.0 Å². The molecule has 0 radical (unpaired) electrons. The lowest BCUT2D eigenvalue weighted by Gasteiger charge is -2.35. The minimum atomic E-state index is -0.502. The summed E-state index contributed by atoms with van der Waals surface area (Å²) in [6.07, 6.45) is 3.09. The van der Waals surface area contributed by atoms with Crippen molar-refractivity contribution in [2.75, 3.05) is 39.2 Å². The summed E-state index contributed by atoms with van der Waals surface area (Å²) in [5.74, 6) is 1.84. The third-order valence-electron chi connectivity index (χ3n) is 4.74. The molecule has 9 heteroatoms. The Morgan fingerprint density at radius 2 is 1.72 bits per heavy atom. The molecule has 160 valence electrons. The van der Waals surface area contributed by atoms with Crippen LogP contribution in [0.1, 0.15) is 12.8 Å². The van der Waals surface area contributed by atoms with Crippen molar-refractivity contribution in [1.82, 2.24) is 10.3 Å². The van der Waals surface area contributed by atoms with Crippen molar-refractivity contribution in [3.05, 3.63) is 42.6 Å². The quantitative estimate of drug-likeness (QED) is 0.678. The molecule has 1 fully saturated rings. The Labute approximate surface area is 183 Å². The van der Waals surface area contributed by atoms with Gasteiger partial charge in [0.15, 0.2) is 0 Å². The monoisotopic (exact) mass is 443 g/mol. The van der Waals surface area contributed by atoms with Crippen LogP contribution >= 0.6 is 24.8 Å². The Morgan fingerprint density at radius 1 is 1.07 bits per heavy atom. The number of ether oxygens (including phenoxy) is 3. The molecule has 0 unspecified atom stereocenters. The van der Waals surface area contributed by atoms with Gasteiger partial charge in [0, 0.05) is 13.2 Å². The summed E-state index contributed by atoms with van der Waals surface area (Å²) >= 11 is 0. The number of aromatic nitrogens is 1. The number of halogens is 2. The number of rotatable bonds is 7. The van der Waals surface area contributed by atoms with Gasteiger partial charge in [-0.3, -0.25) is 4.79 Å². The normalized spacial score (nSPS) is 14.7. The van der Waals surface area contributed by atoms with Gasteiger partial charge in [0.1, 0.15) is 11.5 Å². The van der Waals surface area contributed by atoms with Crippen molar-refractivity contribution in [3.8, 4) is 17.4 Å². The molecule has 1 aliphatic heterocycles. The van der Waals surface area contributed by atoms with Crippen molar-refractivity contribution in [2.45, 2.75) is 12.8 Å². The van der Waals surface area contributed by atoms with E-state index in [1.54, 1.807) is 32.5 Å². The number of hydrogen-bond acceptors (Lipinski definition) is 6. The summed E-state index contributed by atoms with van der Waals surface area (Å²) in [4.78, 5) is 17.1. The van der Waals surface area contributed by atoms with Crippen molar-refractivity contribution in [1.29, 1.82) is 0 Å². The van der Waals surface area contributed by atoms with Crippen LogP contribution in [0.5, 0.6) is 17.4 Å². The van der Waals surface area contributed by atoms with Crippen molar-refractivity contribution in [2.24, 2.45) is 5.41 Å². The maximum atomic E-state index is 12.8. The van der Waals surface area contributed by atoms with Crippen LogP contribution in [0, 0.1) is 5.41 Å². The Bertz CT molecular complexity index is 746. The molecule has 29 heavy (non-hydrogen) atoms. The number of amides is 1. The molecule has 0 aliphatic carbocycles. The van der Waals surface area contributed by atoms with Crippen LogP contribution in [0.2, 0.25) is 0 Å². The first-order chi connectivity index (χ1) is 13.1. The SMILES string of the molecule is COCC1(C(=O)Nc2ccc(Oc3ccc(OC)cc3)nc2)CCNCC1.Cl.Cl. The highest BCUT2D eigenvalue weighted by Crippen LogP contribution is 2.31. The molecule has 1 saturated heterocycles. The van der Waals surface area contributed by atoms with E-state index in [2.05, 4.69) is 15.6 Å². The molecule has 3 rings (SSSR count). The fourth-order valence-electron chi connectivity index (χ4n) is 3.16. The van der Waals surface area contributed by atoms with E-state index in [4.69, 9.17) is 14.2 Å². The molecular formula is C20H27Cl2N3O4. The van der Waals surface area contributed by atoms with E-state index in [1.165, 1.54) is 0 Å². The van der Waals surface area contributed by atoms with Crippen LogP contribution < -0.4 is 20.1 Å². The maximum Gasteiger partial charge on any atom is 0.233 e. The fraction of sp³-hybridized carbons (Fsp3) is 0.400. The Balaban J connectivity index is 0.00000210. The van der Waals surface area contributed by atoms with E-state index in [1.807, 2.05) is 24.3 Å². The lowest BCUT2D eigenvalue weighted by molar-refractivity contribution is -0.130. The molecule has 2 aromatic rings. The molecule has 2 heterocycles. The predicted molar refractivity (Wildman–Crippen MR) is 117 cm³/mol. The lowest BCUT2D eigenvalue weighted by Crippen LogP contribution is -2.47. The number of anilines is 1. The first-order valence-corrected chi connectivity index (χ1v) is 8.94. The van der Waals surface area contributed by atoms with Crippen LogP contribution in [0.3, 0.4) is 0 Å². The minimum Gasteiger partial charge on any atom is -0.497 e. The highest BCUT2D eigenvalue weighted by atomic mass is 35.5. The highest BCUT2D eigenvalue weighted by Gasteiger charge is 2.39. The van der Waals surface area contributed by atoms with Gasteiger partial charge in [-0.2, -0.15) is 0 Å². The van der Waals surface area contributed by atoms with E-state index >= 15 is 0 Å². The van der Waals surface area contributed by atoms with Gasteiger partial charge < -0.3 is 24.8 Å². The first kappa shape index (κ1) is 25.0. The largest absolute Gasteiger partial charge is 0.497 e. The molecule has 7 nitrogen and oxygen atoms in total. The average molecular weight is 444 g/mol. The summed E-state index contributed by atoms with van der Waals surface area (Å²) in [5, 5.41) is 6.24. The van der Waals surface area contributed by atoms with Gasteiger partial charge >= 0.3 is 0 Å². The molecule has 1 aromatic heterocycles. The Hall–Kier alpha value is -2.06. The smallest absolute Gasteiger partial charge is 0.233 e. The number of nitrogens with one attached hydrogen (secondary N) is 2. The fourth-order valence-corrected chi connectivity index (χ4v) is 3.16. The summed E-state index contributed by atoms with van der Waals surface area (Å²) in [6, 6.07) is 10.8. The zero-order chi connectivity index (χ0) is 19.1. The number of methoxy groups -OCH3 is 2. The minimum absolute atomic E-state index is 0. The molecule has 1 amide bonds. The molecule has 0 bridgehead atoms. The number of piperidine rings is 1. The summed E-state index contributed by atoms with van der Waals surface area (Å²) in [7, 11) is 3.24. The number of hydrogen-bond donors (Lipinski definition) is 2. The molecular weight excluding hydrogens is 417 g/mol. The lowest BCUT2D eigenvalue weighted by atomic mass is 9.78. The van der Waals surface area contributed by atoms with Crippen LogP contribution in [0.15, 0.2) is 42.6 Å². The van der Waals surface area contributed by atoms with E-state index in [0.29, 0.717) is 23.9 Å². The van der Waals surface area contributed by atoms with Gasteiger partial charge in [0.2, 0.25) is 11.8 Å². The molecule has 1 aliphatic rings. The Morgan fingerprint density at radius 3 is 2.28 bits per heavy atom. The zero-order valence-corrected chi connectivity index (χ0v) is 18.1. The summed E-state index contributed by atoms with van der Waals surface area (Å²) in [5.41, 5.74) is 0.134. The van der Waals surface area contributed by atoms with Gasteiger partial charge in [-0.15, -0.1) is 24.8 Å². The molecule has 0 saturated carbocycles. The van der Waals surface area contributed by atoms with E-state index in [0.717, 1.165) is 31.7 Å². The Kier molecular flexibility index (Phi) is 10.2. The topological polar surface area (TPSA) is 81.7 Å². The van der Waals surface area contributed by atoms with Crippen LogP contribution in [-0.2, 0) is 9.53 Å². The zero-order valence-electron chi connectivity index (χ0n) is 16.5. The van der Waals surface area contributed by atoms with E-state index in [-0.39, 0.29) is 30.7 Å².